The Morgan fingerprint density at radius 3 is 2.72 bits per heavy atom. The van der Waals surface area contributed by atoms with E-state index in [-0.39, 0.29) is 5.78 Å². The van der Waals surface area contributed by atoms with Gasteiger partial charge in [-0.25, -0.2) is 4.68 Å². The summed E-state index contributed by atoms with van der Waals surface area (Å²) in [6.45, 7) is 5.88. The smallest absolute Gasteiger partial charge is 0.184 e. The Kier molecular flexibility index (Phi) is 3.55. The summed E-state index contributed by atoms with van der Waals surface area (Å²) < 4.78 is 1.76. The fraction of sp³-hybridized carbons (Fsp3) is 0.357. The van der Waals surface area contributed by atoms with Crippen LogP contribution in [0.15, 0.2) is 24.3 Å². The molecule has 1 aromatic heterocycles. The van der Waals surface area contributed by atoms with Crippen LogP contribution in [0.3, 0.4) is 0 Å². The van der Waals surface area contributed by atoms with Crippen molar-refractivity contribution in [2.75, 3.05) is 0 Å². The highest BCUT2D eigenvalue weighted by Crippen LogP contribution is 2.16. The lowest BCUT2D eigenvalue weighted by atomic mass is 10.1. The highest BCUT2D eigenvalue weighted by atomic mass is 16.1. The molecule has 18 heavy (non-hydrogen) atoms. The van der Waals surface area contributed by atoms with E-state index in [2.05, 4.69) is 10.3 Å². The molecule has 0 aliphatic carbocycles. The molecule has 0 atom stereocenters. The predicted molar refractivity (Wildman–Crippen MR) is 70.1 cm³/mol. The molecule has 4 heteroatoms. The van der Waals surface area contributed by atoms with Crippen molar-refractivity contribution in [1.82, 2.24) is 15.0 Å². The van der Waals surface area contributed by atoms with Gasteiger partial charge in [-0.1, -0.05) is 31.2 Å². The fourth-order valence-electron chi connectivity index (χ4n) is 1.97. The normalized spacial score (nSPS) is 10.6. The van der Waals surface area contributed by atoms with Crippen molar-refractivity contribution < 1.29 is 4.79 Å². The number of carbonyl (C=O) groups excluding carboxylic acids is 1. The lowest BCUT2D eigenvalue weighted by Crippen LogP contribution is -2.06. The molecular weight excluding hydrogens is 226 g/mol. The number of rotatable bonds is 4. The summed E-state index contributed by atoms with van der Waals surface area (Å²) in [5.41, 5.74) is 3.50. The Morgan fingerprint density at radius 1 is 1.33 bits per heavy atom. The standard InChI is InChI=1S/C14H17N3O/c1-4-12-14(13(18)5-2)15-16-17(12)11-8-6-7-10(3)9-11/h6-9H,4-5H2,1-3H3. The maximum atomic E-state index is 11.8. The first-order valence-corrected chi connectivity index (χ1v) is 6.22. The summed E-state index contributed by atoms with van der Waals surface area (Å²) in [6, 6.07) is 8.02. The Hall–Kier alpha value is -1.97. The van der Waals surface area contributed by atoms with E-state index in [4.69, 9.17) is 0 Å². The van der Waals surface area contributed by atoms with Gasteiger partial charge in [0.1, 0.15) is 0 Å². The van der Waals surface area contributed by atoms with Crippen LogP contribution in [0.4, 0.5) is 0 Å². The molecule has 0 N–H and O–H groups in total. The number of ketones is 1. The van der Waals surface area contributed by atoms with E-state index in [1.165, 1.54) is 0 Å². The zero-order chi connectivity index (χ0) is 13.1. The SMILES string of the molecule is CCC(=O)c1nnn(-c2cccc(C)c2)c1CC. The highest BCUT2D eigenvalue weighted by Gasteiger charge is 2.17. The maximum Gasteiger partial charge on any atom is 0.184 e. The molecule has 0 bridgehead atoms. The summed E-state index contributed by atoms with van der Waals surface area (Å²) in [5, 5.41) is 8.14. The molecule has 94 valence electrons. The highest BCUT2D eigenvalue weighted by molar-refractivity contribution is 5.95. The topological polar surface area (TPSA) is 47.8 Å². The van der Waals surface area contributed by atoms with Gasteiger partial charge in [-0.05, 0) is 31.0 Å². The van der Waals surface area contributed by atoms with Crippen molar-refractivity contribution in [3.63, 3.8) is 0 Å². The first-order valence-electron chi connectivity index (χ1n) is 6.22. The lowest BCUT2D eigenvalue weighted by Gasteiger charge is -2.06. The first kappa shape index (κ1) is 12.5. The van der Waals surface area contributed by atoms with Gasteiger partial charge in [-0.3, -0.25) is 4.79 Å². The second-order valence-electron chi connectivity index (χ2n) is 4.27. The predicted octanol–water partition coefficient (Wildman–Crippen LogP) is 2.73. The minimum Gasteiger partial charge on any atom is -0.292 e. The van der Waals surface area contributed by atoms with Crippen molar-refractivity contribution >= 4 is 5.78 Å². The van der Waals surface area contributed by atoms with Crippen molar-refractivity contribution in [1.29, 1.82) is 0 Å². The van der Waals surface area contributed by atoms with Crippen LogP contribution < -0.4 is 0 Å². The van der Waals surface area contributed by atoms with Crippen molar-refractivity contribution in [3.8, 4) is 5.69 Å². The molecule has 0 saturated carbocycles. The molecule has 0 fully saturated rings. The van der Waals surface area contributed by atoms with Crippen molar-refractivity contribution in [2.45, 2.75) is 33.6 Å². The molecule has 0 unspecified atom stereocenters. The number of nitrogens with zero attached hydrogens (tertiary/aromatic N) is 3. The van der Waals surface area contributed by atoms with Gasteiger partial charge in [-0.15, -0.1) is 5.10 Å². The Balaban J connectivity index is 2.52. The lowest BCUT2D eigenvalue weighted by molar-refractivity contribution is 0.0982. The summed E-state index contributed by atoms with van der Waals surface area (Å²) in [4.78, 5) is 11.8. The van der Waals surface area contributed by atoms with E-state index < -0.39 is 0 Å². The van der Waals surface area contributed by atoms with E-state index in [1.807, 2.05) is 45.0 Å². The average Bonchev–Trinajstić information content (AvgIpc) is 2.81. The van der Waals surface area contributed by atoms with Crippen LogP contribution in [0.1, 0.15) is 42.0 Å². The minimum absolute atomic E-state index is 0.0470. The Bertz CT molecular complexity index is 572. The van der Waals surface area contributed by atoms with Gasteiger partial charge >= 0.3 is 0 Å². The molecule has 2 rings (SSSR count). The van der Waals surface area contributed by atoms with Gasteiger partial charge in [-0.2, -0.15) is 0 Å². The van der Waals surface area contributed by atoms with Crippen LogP contribution in [-0.2, 0) is 6.42 Å². The summed E-state index contributed by atoms with van der Waals surface area (Å²) in [7, 11) is 0. The van der Waals surface area contributed by atoms with Crippen molar-refractivity contribution in [3.05, 3.63) is 41.2 Å². The molecule has 0 spiro atoms. The fourth-order valence-corrected chi connectivity index (χ4v) is 1.97. The van der Waals surface area contributed by atoms with Gasteiger partial charge in [0, 0.05) is 6.42 Å². The second kappa shape index (κ2) is 5.12. The van der Waals surface area contributed by atoms with Crippen LogP contribution in [0, 0.1) is 6.92 Å². The first-order chi connectivity index (χ1) is 8.67. The molecule has 2 aromatic rings. The van der Waals surface area contributed by atoms with Gasteiger partial charge in [0.2, 0.25) is 0 Å². The summed E-state index contributed by atoms with van der Waals surface area (Å²) >= 11 is 0. The summed E-state index contributed by atoms with van der Waals surface area (Å²) in [6.07, 6.45) is 1.20. The van der Waals surface area contributed by atoms with Crippen LogP contribution in [0.2, 0.25) is 0 Å². The van der Waals surface area contributed by atoms with Crippen molar-refractivity contribution in [2.24, 2.45) is 0 Å². The largest absolute Gasteiger partial charge is 0.292 e. The molecule has 0 aliphatic rings. The Labute approximate surface area is 107 Å². The van der Waals surface area contributed by atoms with Crippen LogP contribution >= 0.6 is 0 Å². The molecule has 0 radical (unpaired) electrons. The number of hydrogen-bond acceptors (Lipinski definition) is 3. The third-order valence-corrected chi connectivity index (χ3v) is 2.93. The zero-order valence-electron chi connectivity index (χ0n) is 11.0. The number of carbonyl (C=O) groups is 1. The number of hydrogen-bond donors (Lipinski definition) is 0. The zero-order valence-corrected chi connectivity index (χ0v) is 11.0. The minimum atomic E-state index is 0.0470. The van der Waals surface area contributed by atoms with E-state index in [0.29, 0.717) is 12.1 Å². The van der Waals surface area contributed by atoms with Crippen LogP contribution in [0.5, 0.6) is 0 Å². The molecule has 0 amide bonds. The average molecular weight is 243 g/mol. The van der Waals surface area contributed by atoms with Gasteiger partial charge in [0.25, 0.3) is 0 Å². The van der Waals surface area contributed by atoms with Gasteiger partial charge in [0.05, 0.1) is 11.4 Å². The maximum absolute atomic E-state index is 11.8. The molecule has 0 saturated heterocycles. The van der Waals surface area contributed by atoms with Gasteiger partial charge < -0.3 is 0 Å². The van der Waals surface area contributed by atoms with E-state index in [0.717, 1.165) is 23.4 Å². The molecule has 0 aliphatic heterocycles. The molecular formula is C14H17N3O. The van der Waals surface area contributed by atoms with Gasteiger partial charge in [0.15, 0.2) is 11.5 Å². The molecule has 1 heterocycles. The monoisotopic (exact) mass is 243 g/mol. The molecule has 4 nitrogen and oxygen atoms in total. The van der Waals surface area contributed by atoms with E-state index in [9.17, 15) is 4.79 Å². The summed E-state index contributed by atoms with van der Waals surface area (Å²) in [5.74, 6) is 0.0470. The number of aromatic nitrogens is 3. The number of aryl methyl sites for hydroxylation is 1. The third-order valence-electron chi connectivity index (χ3n) is 2.93. The van der Waals surface area contributed by atoms with E-state index >= 15 is 0 Å². The quantitative estimate of drug-likeness (QED) is 0.776. The van der Waals surface area contributed by atoms with E-state index in [1.54, 1.807) is 4.68 Å². The Morgan fingerprint density at radius 2 is 2.11 bits per heavy atom. The second-order valence-corrected chi connectivity index (χ2v) is 4.27. The number of Topliss-reactive ketones (excluding diaryl/α,β-unsaturated/α-hetero) is 1. The molecule has 1 aromatic carbocycles. The van der Waals surface area contributed by atoms with Crippen LogP contribution in [-0.4, -0.2) is 20.8 Å². The number of benzene rings is 1. The van der Waals surface area contributed by atoms with Crippen LogP contribution in [0.25, 0.3) is 5.69 Å². The third kappa shape index (κ3) is 2.18.